The van der Waals surface area contributed by atoms with E-state index >= 15 is 0 Å². The number of rotatable bonds is 11. The molecule has 0 radical (unpaired) electrons. The van der Waals surface area contributed by atoms with E-state index in [2.05, 4.69) is 17.5 Å². The summed E-state index contributed by atoms with van der Waals surface area (Å²) in [4.78, 5) is 25.1. The van der Waals surface area contributed by atoms with Crippen LogP contribution in [-0.2, 0) is 11.2 Å². The van der Waals surface area contributed by atoms with Crippen molar-refractivity contribution < 1.29 is 23.8 Å². The molecule has 0 spiro atoms. The molecule has 1 amide bonds. The molecule has 7 nitrogen and oxygen atoms in total. The minimum atomic E-state index is -0.509. The fourth-order valence-electron chi connectivity index (χ4n) is 3.87. The predicted molar refractivity (Wildman–Crippen MR) is 148 cm³/mol. The molecule has 0 aliphatic carbocycles. The molecule has 0 aliphatic heterocycles. The number of nitrogens with one attached hydrogen (secondary N) is 1. The van der Waals surface area contributed by atoms with Gasteiger partial charge in [0, 0.05) is 0 Å². The fraction of sp³-hybridized carbons (Fsp3) is 0.194. The first-order valence-electron chi connectivity index (χ1n) is 12.5. The second kappa shape index (κ2) is 13.1. The Kier molecular flexibility index (Phi) is 9.07. The Balaban J connectivity index is 1.34. The molecule has 0 saturated carbocycles. The van der Waals surface area contributed by atoms with E-state index in [4.69, 9.17) is 14.2 Å². The number of unbranched alkanes of at least 4 members (excludes halogenated alkanes) is 1. The quantitative estimate of drug-likeness (QED) is 0.0887. The lowest BCUT2D eigenvalue weighted by Gasteiger charge is -2.10. The van der Waals surface area contributed by atoms with Crippen molar-refractivity contribution in [3.05, 3.63) is 102 Å². The first-order chi connectivity index (χ1) is 18.6. The summed E-state index contributed by atoms with van der Waals surface area (Å²) in [5.74, 6) is 0.615. The van der Waals surface area contributed by atoms with E-state index < -0.39 is 5.97 Å². The van der Waals surface area contributed by atoms with Gasteiger partial charge >= 0.3 is 5.97 Å². The summed E-state index contributed by atoms with van der Waals surface area (Å²) in [7, 11) is 1.49. The molecule has 194 valence electrons. The number of methoxy groups -OCH3 is 1. The number of carbonyl (C=O) groups is 2. The third-order valence-corrected chi connectivity index (χ3v) is 5.88. The zero-order chi connectivity index (χ0) is 26.7. The van der Waals surface area contributed by atoms with Crippen LogP contribution in [0.1, 0.15) is 41.3 Å². The van der Waals surface area contributed by atoms with Gasteiger partial charge in [0.15, 0.2) is 11.5 Å². The van der Waals surface area contributed by atoms with E-state index in [1.54, 1.807) is 42.5 Å². The fourth-order valence-corrected chi connectivity index (χ4v) is 3.87. The van der Waals surface area contributed by atoms with E-state index in [0.717, 1.165) is 29.2 Å². The smallest absolute Gasteiger partial charge is 0.343 e. The summed E-state index contributed by atoms with van der Waals surface area (Å²) < 4.78 is 16.6. The molecule has 0 unspecified atom stereocenters. The van der Waals surface area contributed by atoms with Crippen LogP contribution in [0.15, 0.2) is 90.0 Å². The Hall–Kier alpha value is -4.65. The van der Waals surface area contributed by atoms with Gasteiger partial charge in [0.1, 0.15) is 5.75 Å². The standard InChI is InChI=1S/C31H30N2O5/c1-3-4-18-37-26-15-13-24(14-16-26)31(35)38-28-17-12-22(19-29(28)36-2)21-32-33-30(34)20-25-10-7-9-23-8-5-6-11-27(23)25/h5-17,19,21H,3-4,18,20H2,1-2H3,(H,33,34). The topological polar surface area (TPSA) is 86.2 Å². The summed E-state index contributed by atoms with van der Waals surface area (Å²) >= 11 is 0. The maximum atomic E-state index is 12.6. The third kappa shape index (κ3) is 6.97. The summed E-state index contributed by atoms with van der Waals surface area (Å²) in [6, 6.07) is 25.7. The molecule has 4 rings (SSSR count). The summed E-state index contributed by atoms with van der Waals surface area (Å²) in [5, 5.41) is 6.19. The number of nitrogens with zero attached hydrogens (tertiary/aromatic N) is 1. The molecule has 0 aliphatic rings. The Bertz CT molecular complexity index is 1420. The van der Waals surface area contributed by atoms with Crippen LogP contribution in [0.3, 0.4) is 0 Å². The second-order valence-corrected chi connectivity index (χ2v) is 8.63. The number of carbonyl (C=O) groups excluding carboxylic acids is 2. The van der Waals surface area contributed by atoms with Gasteiger partial charge in [-0.2, -0.15) is 5.10 Å². The highest BCUT2D eigenvalue weighted by molar-refractivity contribution is 5.92. The Morgan fingerprint density at radius 3 is 2.50 bits per heavy atom. The lowest BCUT2D eigenvalue weighted by molar-refractivity contribution is -0.120. The van der Waals surface area contributed by atoms with Crippen LogP contribution in [0.25, 0.3) is 10.8 Å². The van der Waals surface area contributed by atoms with Crippen molar-refractivity contribution >= 4 is 28.9 Å². The Morgan fingerprint density at radius 2 is 1.71 bits per heavy atom. The van der Waals surface area contributed by atoms with Crippen molar-refractivity contribution in [2.75, 3.05) is 13.7 Å². The highest BCUT2D eigenvalue weighted by Crippen LogP contribution is 2.28. The molecule has 4 aromatic rings. The van der Waals surface area contributed by atoms with Crippen molar-refractivity contribution in [1.29, 1.82) is 0 Å². The summed E-state index contributed by atoms with van der Waals surface area (Å²) in [5.41, 5.74) is 4.56. The third-order valence-electron chi connectivity index (χ3n) is 5.88. The van der Waals surface area contributed by atoms with Gasteiger partial charge in [-0.3, -0.25) is 4.79 Å². The molecule has 0 saturated heterocycles. The average Bonchev–Trinajstić information content (AvgIpc) is 2.94. The van der Waals surface area contributed by atoms with Gasteiger partial charge < -0.3 is 14.2 Å². The summed E-state index contributed by atoms with van der Waals surface area (Å²) in [6.07, 6.45) is 3.74. The molecule has 0 bridgehead atoms. The van der Waals surface area contributed by atoms with Gasteiger partial charge in [-0.15, -0.1) is 0 Å². The molecule has 1 N–H and O–H groups in total. The lowest BCUT2D eigenvalue weighted by atomic mass is 10.0. The molecule has 0 atom stereocenters. The van der Waals surface area contributed by atoms with Crippen LogP contribution in [0.4, 0.5) is 0 Å². The second-order valence-electron chi connectivity index (χ2n) is 8.63. The Labute approximate surface area is 222 Å². The van der Waals surface area contributed by atoms with Crippen LogP contribution in [-0.4, -0.2) is 31.8 Å². The Morgan fingerprint density at radius 1 is 0.921 bits per heavy atom. The SMILES string of the molecule is CCCCOc1ccc(C(=O)Oc2ccc(C=NNC(=O)Cc3cccc4ccccc34)cc2OC)cc1. The maximum Gasteiger partial charge on any atom is 0.343 e. The van der Waals surface area contributed by atoms with E-state index in [-0.39, 0.29) is 18.1 Å². The van der Waals surface area contributed by atoms with Crippen LogP contribution in [0.5, 0.6) is 17.2 Å². The number of hydrazone groups is 1. The lowest BCUT2D eigenvalue weighted by Crippen LogP contribution is -2.19. The van der Waals surface area contributed by atoms with Gasteiger partial charge in [-0.05, 0) is 70.8 Å². The van der Waals surface area contributed by atoms with Crippen LogP contribution in [0, 0.1) is 0 Å². The molecule has 0 heterocycles. The normalized spacial score (nSPS) is 10.9. The van der Waals surface area contributed by atoms with Gasteiger partial charge in [0.25, 0.3) is 0 Å². The molecule has 7 heteroatoms. The number of amides is 1. The van der Waals surface area contributed by atoms with Crippen LogP contribution >= 0.6 is 0 Å². The maximum absolute atomic E-state index is 12.6. The predicted octanol–water partition coefficient (Wildman–Crippen LogP) is 5.94. The monoisotopic (exact) mass is 510 g/mol. The molecule has 0 aromatic heterocycles. The minimum Gasteiger partial charge on any atom is -0.494 e. The highest BCUT2D eigenvalue weighted by Gasteiger charge is 2.13. The highest BCUT2D eigenvalue weighted by atomic mass is 16.6. The number of fused-ring (bicyclic) bond motifs is 1. The number of hydrogen-bond donors (Lipinski definition) is 1. The van der Waals surface area contributed by atoms with Crippen molar-refractivity contribution in [2.24, 2.45) is 5.10 Å². The van der Waals surface area contributed by atoms with Crippen molar-refractivity contribution in [3.63, 3.8) is 0 Å². The molecule has 38 heavy (non-hydrogen) atoms. The largest absolute Gasteiger partial charge is 0.494 e. The van der Waals surface area contributed by atoms with Crippen molar-refractivity contribution in [2.45, 2.75) is 26.2 Å². The van der Waals surface area contributed by atoms with E-state index in [9.17, 15) is 9.59 Å². The van der Waals surface area contributed by atoms with E-state index in [0.29, 0.717) is 29.2 Å². The molecule has 0 fully saturated rings. The van der Waals surface area contributed by atoms with Crippen LogP contribution in [0.2, 0.25) is 0 Å². The number of benzene rings is 4. The number of hydrogen-bond acceptors (Lipinski definition) is 6. The number of ether oxygens (including phenoxy) is 3. The summed E-state index contributed by atoms with van der Waals surface area (Å²) in [6.45, 7) is 2.74. The van der Waals surface area contributed by atoms with Crippen molar-refractivity contribution in [1.82, 2.24) is 5.43 Å². The zero-order valence-electron chi connectivity index (χ0n) is 21.5. The van der Waals surface area contributed by atoms with E-state index in [1.807, 2.05) is 42.5 Å². The minimum absolute atomic E-state index is 0.211. The number of esters is 1. The van der Waals surface area contributed by atoms with Gasteiger partial charge in [-0.25, -0.2) is 10.2 Å². The van der Waals surface area contributed by atoms with Gasteiger partial charge in [0.2, 0.25) is 5.91 Å². The molecular formula is C31H30N2O5. The van der Waals surface area contributed by atoms with Gasteiger partial charge in [-0.1, -0.05) is 55.8 Å². The first kappa shape index (κ1) is 26.4. The molecular weight excluding hydrogens is 480 g/mol. The molecule has 4 aromatic carbocycles. The van der Waals surface area contributed by atoms with Gasteiger partial charge in [0.05, 0.1) is 31.9 Å². The van der Waals surface area contributed by atoms with Crippen LogP contribution < -0.4 is 19.6 Å². The van der Waals surface area contributed by atoms with E-state index in [1.165, 1.54) is 13.3 Å². The van der Waals surface area contributed by atoms with Crippen molar-refractivity contribution in [3.8, 4) is 17.2 Å². The zero-order valence-corrected chi connectivity index (χ0v) is 21.5. The first-order valence-corrected chi connectivity index (χ1v) is 12.5. The average molecular weight is 511 g/mol.